The molecule has 0 saturated carbocycles. The van der Waals surface area contributed by atoms with Crippen molar-refractivity contribution < 1.29 is 5.11 Å². The van der Waals surface area contributed by atoms with Gasteiger partial charge in [-0.3, -0.25) is 9.36 Å². The number of aromatic nitrogens is 5. The lowest BCUT2D eigenvalue weighted by atomic mass is 10.4. The highest BCUT2D eigenvalue weighted by atomic mass is 16.3. The van der Waals surface area contributed by atoms with Gasteiger partial charge in [-0.2, -0.15) is 5.10 Å². The van der Waals surface area contributed by atoms with Gasteiger partial charge >= 0.3 is 0 Å². The van der Waals surface area contributed by atoms with Crippen LogP contribution in [0.4, 0.5) is 5.69 Å². The summed E-state index contributed by atoms with van der Waals surface area (Å²) in [6.45, 7) is 1.48. The molecule has 0 spiro atoms. The third-order valence-electron chi connectivity index (χ3n) is 2.31. The van der Waals surface area contributed by atoms with Gasteiger partial charge in [0, 0.05) is 26.4 Å². The maximum absolute atomic E-state index is 8.71. The molecule has 0 saturated heterocycles. The molecule has 0 amide bonds. The molecule has 0 aromatic carbocycles. The lowest BCUT2D eigenvalue weighted by Crippen LogP contribution is -2.00. The quantitative estimate of drug-likeness (QED) is 0.738. The third kappa shape index (κ3) is 3.28. The van der Waals surface area contributed by atoms with Crippen molar-refractivity contribution in [3.63, 3.8) is 0 Å². The molecule has 7 heteroatoms. The molecule has 2 rings (SSSR count). The van der Waals surface area contributed by atoms with Gasteiger partial charge < -0.3 is 10.4 Å². The average Bonchev–Trinajstić information content (AvgIpc) is 2.93. The summed E-state index contributed by atoms with van der Waals surface area (Å²) in [7, 11) is 1.87. The topological polar surface area (TPSA) is 80.8 Å². The van der Waals surface area contributed by atoms with Gasteiger partial charge in [-0.1, -0.05) is 5.21 Å². The lowest BCUT2D eigenvalue weighted by molar-refractivity contribution is 0.276. The van der Waals surface area contributed by atoms with Crippen molar-refractivity contribution in [2.24, 2.45) is 7.05 Å². The Hall–Kier alpha value is -1.89. The number of aliphatic hydroxyl groups excluding tert-OH is 1. The normalized spacial score (nSPS) is 10.7. The van der Waals surface area contributed by atoms with Gasteiger partial charge in [-0.05, 0) is 6.42 Å². The van der Waals surface area contributed by atoms with E-state index >= 15 is 0 Å². The summed E-state index contributed by atoms with van der Waals surface area (Å²) in [6.07, 6.45) is 6.23. The van der Waals surface area contributed by atoms with Crippen LogP contribution in [0.1, 0.15) is 12.1 Å². The minimum Gasteiger partial charge on any atom is -0.396 e. The Bertz CT molecular complexity index is 463. The number of hydrogen-bond acceptors (Lipinski definition) is 5. The number of nitrogens with zero attached hydrogens (tertiary/aromatic N) is 5. The molecule has 7 nitrogen and oxygen atoms in total. The molecular weight excluding hydrogens is 220 g/mol. The summed E-state index contributed by atoms with van der Waals surface area (Å²) in [5, 5.41) is 24.0. The first-order valence-electron chi connectivity index (χ1n) is 5.50. The van der Waals surface area contributed by atoms with Crippen LogP contribution in [-0.4, -0.2) is 36.5 Å². The second-order valence-electron chi connectivity index (χ2n) is 3.81. The number of aliphatic hydroxyl groups is 1. The molecule has 2 aromatic heterocycles. The Morgan fingerprint density at radius 1 is 1.41 bits per heavy atom. The Kier molecular flexibility index (Phi) is 3.71. The van der Waals surface area contributed by atoms with Crippen molar-refractivity contribution in [3.05, 3.63) is 24.3 Å². The van der Waals surface area contributed by atoms with Crippen LogP contribution in [0.25, 0.3) is 0 Å². The Balaban J connectivity index is 1.84. The molecular formula is C10H16N6O. The molecule has 0 aliphatic heterocycles. The van der Waals surface area contributed by atoms with Crippen molar-refractivity contribution in [3.8, 4) is 0 Å². The van der Waals surface area contributed by atoms with Gasteiger partial charge in [0.05, 0.1) is 24.6 Å². The first kappa shape index (κ1) is 11.6. The highest BCUT2D eigenvalue weighted by molar-refractivity contribution is 5.38. The number of anilines is 1. The van der Waals surface area contributed by atoms with Crippen LogP contribution >= 0.6 is 0 Å². The minimum atomic E-state index is 0.170. The van der Waals surface area contributed by atoms with Crippen LogP contribution in [0.2, 0.25) is 0 Å². The third-order valence-corrected chi connectivity index (χ3v) is 2.31. The largest absolute Gasteiger partial charge is 0.396 e. The van der Waals surface area contributed by atoms with E-state index in [0.717, 1.165) is 11.4 Å². The van der Waals surface area contributed by atoms with Crippen LogP contribution < -0.4 is 5.32 Å². The van der Waals surface area contributed by atoms with Gasteiger partial charge in [0.15, 0.2) is 0 Å². The lowest BCUT2D eigenvalue weighted by Gasteiger charge is -1.98. The Labute approximate surface area is 99.1 Å². The highest BCUT2D eigenvalue weighted by Gasteiger charge is 2.01. The molecule has 2 aromatic rings. The van der Waals surface area contributed by atoms with E-state index in [-0.39, 0.29) is 6.61 Å². The van der Waals surface area contributed by atoms with E-state index in [0.29, 0.717) is 19.5 Å². The molecule has 0 aliphatic carbocycles. The molecule has 0 atom stereocenters. The molecule has 0 aliphatic rings. The van der Waals surface area contributed by atoms with Crippen molar-refractivity contribution in [1.29, 1.82) is 0 Å². The first-order chi connectivity index (χ1) is 8.28. The van der Waals surface area contributed by atoms with E-state index < -0.39 is 0 Å². The zero-order valence-electron chi connectivity index (χ0n) is 9.74. The Morgan fingerprint density at radius 2 is 2.29 bits per heavy atom. The van der Waals surface area contributed by atoms with E-state index in [2.05, 4.69) is 20.7 Å². The van der Waals surface area contributed by atoms with Crippen LogP contribution in [0.15, 0.2) is 18.6 Å². The molecule has 17 heavy (non-hydrogen) atoms. The monoisotopic (exact) mass is 236 g/mol. The van der Waals surface area contributed by atoms with E-state index in [1.165, 1.54) is 0 Å². The second-order valence-corrected chi connectivity index (χ2v) is 3.81. The molecule has 0 unspecified atom stereocenters. The number of hydrogen-bond donors (Lipinski definition) is 2. The standard InChI is InChI=1S/C10H16N6O/c1-15-7-9(6-12-15)11-5-10-8-16(14-13-10)3-2-4-17/h6-8,11,17H,2-5H2,1H3. The summed E-state index contributed by atoms with van der Waals surface area (Å²) >= 11 is 0. The fourth-order valence-corrected chi connectivity index (χ4v) is 1.47. The number of nitrogens with one attached hydrogen (secondary N) is 1. The predicted molar refractivity (Wildman–Crippen MR) is 62.3 cm³/mol. The molecule has 0 radical (unpaired) electrons. The fraction of sp³-hybridized carbons (Fsp3) is 0.500. The van der Waals surface area contributed by atoms with Crippen molar-refractivity contribution in [2.75, 3.05) is 11.9 Å². The maximum Gasteiger partial charge on any atom is 0.102 e. The summed E-state index contributed by atoms with van der Waals surface area (Å²) in [4.78, 5) is 0. The first-order valence-corrected chi connectivity index (χ1v) is 5.50. The highest BCUT2D eigenvalue weighted by Crippen LogP contribution is 2.05. The van der Waals surface area contributed by atoms with E-state index in [1.54, 1.807) is 15.6 Å². The minimum absolute atomic E-state index is 0.170. The number of aryl methyl sites for hydroxylation is 2. The van der Waals surface area contributed by atoms with Crippen LogP contribution in [0.3, 0.4) is 0 Å². The molecule has 0 fully saturated rings. The summed E-state index contributed by atoms with van der Waals surface area (Å²) < 4.78 is 3.47. The van der Waals surface area contributed by atoms with Crippen LogP contribution in [0.5, 0.6) is 0 Å². The van der Waals surface area contributed by atoms with Gasteiger partial charge in [-0.15, -0.1) is 5.10 Å². The summed E-state index contributed by atoms with van der Waals surface area (Å²) in [5.41, 5.74) is 1.82. The van der Waals surface area contributed by atoms with E-state index in [1.807, 2.05) is 19.4 Å². The van der Waals surface area contributed by atoms with Crippen molar-refractivity contribution in [2.45, 2.75) is 19.5 Å². The summed E-state index contributed by atoms with van der Waals surface area (Å²) in [5.74, 6) is 0. The average molecular weight is 236 g/mol. The molecule has 0 bridgehead atoms. The molecule has 2 N–H and O–H groups in total. The molecule has 92 valence electrons. The van der Waals surface area contributed by atoms with Gasteiger partial charge in [0.1, 0.15) is 5.69 Å². The van der Waals surface area contributed by atoms with E-state index in [9.17, 15) is 0 Å². The van der Waals surface area contributed by atoms with E-state index in [4.69, 9.17) is 5.11 Å². The number of rotatable bonds is 6. The molecule has 2 heterocycles. The summed E-state index contributed by atoms with van der Waals surface area (Å²) in [6, 6.07) is 0. The van der Waals surface area contributed by atoms with Crippen LogP contribution in [-0.2, 0) is 20.1 Å². The van der Waals surface area contributed by atoms with Crippen LogP contribution in [0, 0.1) is 0 Å². The SMILES string of the molecule is Cn1cc(NCc2cn(CCCO)nn2)cn1. The zero-order valence-corrected chi connectivity index (χ0v) is 9.74. The van der Waals surface area contributed by atoms with Crippen molar-refractivity contribution >= 4 is 5.69 Å². The van der Waals surface area contributed by atoms with Gasteiger partial charge in [0.25, 0.3) is 0 Å². The van der Waals surface area contributed by atoms with Gasteiger partial charge in [0.2, 0.25) is 0 Å². The fourth-order valence-electron chi connectivity index (χ4n) is 1.47. The smallest absolute Gasteiger partial charge is 0.102 e. The van der Waals surface area contributed by atoms with Crippen molar-refractivity contribution in [1.82, 2.24) is 24.8 Å². The Morgan fingerprint density at radius 3 is 3.00 bits per heavy atom. The predicted octanol–water partition coefficient (Wildman–Crippen LogP) is 0.00610. The van der Waals surface area contributed by atoms with Gasteiger partial charge in [-0.25, -0.2) is 0 Å². The second kappa shape index (κ2) is 5.44. The zero-order chi connectivity index (χ0) is 12.1. The maximum atomic E-state index is 8.71.